The molecule has 1 aliphatic carbocycles. The van der Waals surface area contributed by atoms with Crippen molar-refractivity contribution in [3.63, 3.8) is 0 Å². The van der Waals surface area contributed by atoms with Gasteiger partial charge in [-0.15, -0.1) is 0 Å². The molecule has 184 valence electrons. The third-order valence-electron chi connectivity index (χ3n) is 6.91. The number of rotatable bonds is 7. The topological polar surface area (TPSA) is 125 Å². The SMILES string of the molecule is O=CN[C@H]1CC[C@H](NC(=O)CCCC#Cc2cccc3c2CN(C2CCC(=O)NC2=O)C3=O)CC1. The molecule has 9 nitrogen and oxygen atoms in total. The van der Waals surface area contributed by atoms with Gasteiger partial charge >= 0.3 is 0 Å². The molecule has 3 N–H and O–H groups in total. The van der Waals surface area contributed by atoms with Crippen LogP contribution < -0.4 is 16.0 Å². The van der Waals surface area contributed by atoms with Crippen molar-refractivity contribution in [1.82, 2.24) is 20.9 Å². The zero-order valence-corrected chi connectivity index (χ0v) is 19.6. The fraction of sp³-hybridized carbons (Fsp3) is 0.500. The van der Waals surface area contributed by atoms with E-state index in [1.807, 2.05) is 6.07 Å². The molecule has 4 rings (SSSR count). The largest absolute Gasteiger partial charge is 0.356 e. The maximum Gasteiger partial charge on any atom is 0.255 e. The Kier molecular flexibility index (Phi) is 7.80. The van der Waals surface area contributed by atoms with Crippen LogP contribution in [0.1, 0.15) is 79.3 Å². The van der Waals surface area contributed by atoms with Crippen LogP contribution in [0.3, 0.4) is 0 Å². The van der Waals surface area contributed by atoms with Gasteiger partial charge in [0.1, 0.15) is 6.04 Å². The second kappa shape index (κ2) is 11.2. The van der Waals surface area contributed by atoms with E-state index in [0.717, 1.165) is 43.2 Å². The molecule has 2 aliphatic heterocycles. The highest BCUT2D eigenvalue weighted by atomic mass is 16.2. The molecule has 2 fully saturated rings. The van der Waals surface area contributed by atoms with Crippen LogP contribution in [-0.2, 0) is 25.7 Å². The molecule has 1 unspecified atom stereocenters. The van der Waals surface area contributed by atoms with Gasteiger partial charge in [0, 0.05) is 49.0 Å². The maximum absolute atomic E-state index is 12.9. The highest BCUT2D eigenvalue weighted by Crippen LogP contribution is 2.29. The quantitative estimate of drug-likeness (QED) is 0.235. The Labute approximate surface area is 204 Å². The number of imide groups is 1. The molecule has 9 heteroatoms. The Morgan fingerprint density at radius 2 is 1.89 bits per heavy atom. The predicted octanol–water partition coefficient (Wildman–Crippen LogP) is 1.14. The van der Waals surface area contributed by atoms with Gasteiger partial charge < -0.3 is 15.5 Å². The molecule has 2 heterocycles. The zero-order valence-electron chi connectivity index (χ0n) is 19.6. The van der Waals surface area contributed by atoms with Crippen LogP contribution in [0.25, 0.3) is 0 Å². The fourth-order valence-electron chi connectivity index (χ4n) is 5.00. The Morgan fingerprint density at radius 3 is 2.63 bits per heavy atom. The first-order chi connectivity index (χ1) is 17.0. The van der Waals surface area contributed by atoms with Crippen LogP contribution in [0.5, 0.6) is 0 Å². The molecule has 5 amide bonds. The highest BCUT2D eigenvalue weighted by Gasteiger charge is 2.39. The minimum atomic E-state index is -0.650. The molecule has 3 aliphatic rings. The first-order valence-corrected chi connectivity index (χ1v) is 12.2. The van der Waals surface area contributed by atoms with Gasteiger partial charge in [-0.1, -0.05) is 17.9 Å². The van der Waals surface area contributed by atoms with E-state index in [-0.39, 0.29) is 42.8 Å². The highest BCUT2D eigenvalue weighted by molar-refractivity contribution is 6.05. The van der Waals surface area contributed by atoms with E-state index in [4.69, 9.17) is 0 Å². The molecule has 1 aromatic rings. The summed E-state index contributed by atoms with van der Waals surface area (Å²) >= 11 is 0. The summed E-state index contributed by atoms with van der Waals surface area (Å²) in [5, 5.41) is 8.18. The average Bonchev–Trinajstić information content (AvgIpc) is 3.17. The van der Waals surface area contributed by atoms with E-state index in [2.05, 4.69) is 27.8 Å². The zero-order chi connectivity index (χ0) is 24.8. The van der Waals surface area contributed by atoms with Crippen LogP contribution in [0.15, 0.2) is 18.2 Å². The number of carbonyl (C=O) groups is 5. The van der Waals surface area contributed by atoms with Crippen molar-refractivity contribution in [2.75, 3.05) is 0 Å². The van der Waals surface area contributed by atoms with E-state index >= 15 is 0 Å². The number of piperidine rings is 1. The van der Waals surface area contributed by atoms with Gasteiger partial charge in [0.15, 0.2) is 0 Å². The summed E-state index contributed by atoms with van der Waals surface area (Å²) in [6, 6.07) is 5.10. The summed E-state index contributed by atoms with van der Waals surface area (Å²) in [6.45, 7) is 0.290. The third kappa shape index (κ3) is 5.88. The molecule has 1 saturated carbocycles. The smallest absolute Gasteiger partial charge is 0.255 e. The van der Waals surface area contributed by atoms with E-state index < -0.39 is 11.9 Å². The molecule has 0 radical (unpaired) electrons. The van der Waals surface area contributed by atoms with Gasteiger partial charge in [-0.2, -0.15) is 0 Å². The summed E-state index contributed by atoms with van der Waals surface area (Å²) in [5.41, 5.74) is 2.09. The molecule has 35 heavy (non-hydrogen) atoms. The van der Waals surface area contributed by atoms with Crippen molar-refractivity contribution < 1.29 is 24.0 Å². The summed E-state index contributed by atoms with van der Waals surface area (Å²) in [6.07, 6.45) is 6.35. The lowest BCUT2D eigenvalue weighted by Gasteiger charge is -2.29. The number of nitrogens with one attached hydrogen (secondary N) is 3. The minimum Gasteiger partial charge on any atom is -0.356 e. The first kappa shape index (κ1) is 24.5. The number of carbonyl (C=O) groups excluding carboxylic acids is 5. The predicted molar refractivity (Wildman–Crippen MR) is 127 cm³/mol. The molecule has 1 atom stereocenters. The Morgan fingerprint density at radius 1 is 1.11 bits per heavy atom. The maximum atomic E-state index is 12.9. The lowest BCUT2D eigenvalue weighted by molar-refractivity contribution is -0.137. The van der Waals surface area contributed by atoms with Crippen molar-refractivity contribution in [3.8, 4) is 11.8 Å². The molecule has 0 aromatic heterocycles. The molecule has 1 aromatic carbocycles. The summed E-state index contributed by atoms with van der Waals surface area (Å²) in [7, 11) is 0. The van der Waals surface area contributed by atoms with Gasteiger partial charge in [-0.05, 0) is 56.2 Å². The molecular formula is C26H30N4O5. The Balaban J connectivity index is 1.26. The normalized spacial score (nSPS) is 23.6. The lowest BCUT2D eigenvalue weighted by Crippen LogP contribution is -2.52. The van der Waals surface area contributed by atoms with Crippen molar-refractivity contribution in [2.45, 2.75) is 82.5 Å². The molecule has 0 spiro atoms. The number of unbranched alkanes of at least 4 members (excludes halogenated alkanes) is 1. The lowest BCUT2D eigenvalue weighted by atomic mass is 9.91. The van der Waals surface area contributed by atoms with Gasteiger partial charge in [0.25, 0.3) is 5.91 Å². The van der Waals surface area contributed by atoms with Crippen LogP contribution in [-0.4, -0.2) is 53.1 Å². The van der Waals surface area contributed by atoms with E-state index in [9.17, 15) is 24.0 Å². The van der Waals surface area contributed by atoms with E-state index in [1.54, 1.807) is 12.1 Å². The van der Waals surface area contributed by atoms with Crippen molar-refractivity contribution in [2.24, 2.45) is 0 Å². The number of amides is 5. The van der Waals surface area contributed by atoms with Gasteiger partial charge in [-0.3, -0.25) is 29.3 Å². The van der Waals surface area contributed by atoms with Crippen LogP contribution >= 0.6 is 0 Å². The van der Waals surface area contributed by atoms with Gasteiger partial charge in [0.2, 0.25) is 24.1 Å². The summed E-state index contributed by atoms with van der Waals surface area (Å²) in [5.74, 6) is 5.30. The number of fused-ring (bicyclic) bond motifs is 1. The molecule has 1 saturated heterocycles. The van der Waals surface area contributed by atoms with Crippen molar-refractivity contribution in [3.05, 3.63) is 34.9 Å². The Hall–Kier alpha value is -3.67. The second-order valence-electron chi connectivity index (χ2n) is 9.29. The van der Waals surface area contributed by atoms with Crippen LogP contribution in [0.2, 0.25) is 0 Å². The van der Waals surface area contributed by atoms with Crippen LogP contribution in [0.4, 0.5) is 0 Å². The second-order valence-corrected chi connectivity index (χ2v) is 9.29. The first-order valence-electron chi connectivity index (χ1n) is 12.2. The van der Waals surface area contributed by atoms with Gasteiger partial charge in [-0.25, -0.2) is 0 Å². The third-order valence-corrected chi connectivity index (χ3v) is 6.91. The van der Waals surface area contributed by atoms with Crippen molar-refractivity contribution in [1.29, 1.82) is 0 Å². The summed E-state index contributed by atoms with van der Waals surface area (Å²) in [4.78, 5) is 60.9. The number of benzene rings is 1. The fourth-order valence-corrected chi connectivity index (χ4v) is 5.00. The minimum absolute atomic E-state index is 0.0182. The molecular weight excluding hydrogens is 448 g/mol. The molecule has 0 bridgehead atoms. The standard InChI is InChI=1S/C26H30N4O5/c31-16-27-18-9-11-19(12-10-18)28-23(32)8-3-1-2-5-17-6-4-7-20-21(17)15-30(26(20)35)22-13-14-24(33)29-25(22)34/h4,6-7,16,18-19,22H,1,3,8-15H2,(H,27,31)(H,28,32)(H,29,33,34)/t18-,19-,22?. The van der Waals surface area contributed by atoms with Gasteiger partial charge in [0.05, 0.1) is 0 Å². The average molecular weight is 479 g/mol. The van der Waals surface area contributed by atoms with Crippen LogP contribution in [0, 0.1) is 11.8 Å². The monoisotopic (exact) mass is 478 g/mol. The number of hydrogen-bond donors (Lipinski definition) is 3. The Bertz CT molecular complexity index is 1080. The number of nitrogens with zero attached hydrogens (tertiary/aromatic N) is 1. The van der Waals surface area contributed by atoms with E-state index in [1.165, 1.54) is 4.90 Å². The summed E-state index contributed by atoms with van der Waals surface area (Å²) < 4.78 is 0. The van der Waals surface area contributed by atoms with E-state index in [0.29, 0.717) is 31.2 Å². The number of hydrogen-bond acceptors (Lipinski definition) is 5. The van der Waals surface area contributed by atoms with Crippen molar-refractivity contribution >= 4 is 30.0 Å².